The van der Waals surface area contributed by atoms with E-state index in [1.54, 1.807) is 4.57 Å². The van der Waals surface area contributed by atoms with Gasteiger partial charge in [-0.05, 0) is 43.2 Å². The number of aromatic nitrogens is 1. The van der Waals surface area contributed by atoms with E-state index in [-0.39, 0.29) is 17.5 Å². The molecule has 0 atom stereocenters. The van der Waals surface area contributed by atoms with Crippen molar-refractivity contribution < 1.29 is 4.79 Å². The molecule has 1 fully saturated rings. The van der Waals surface area contributed by atoms with Gasteiger partial charge in [0.05, 0.1) is 0 Å². The van der Waals surface area contributed by atoms with Gasteiger partial charge in [0.15, 0.2) is 0 Å². The summed E-state index contributed by atoms with van der Waals surface area (Å²) in [6.45, 7) is 2.58. The molecule has 1 aliphatic rings. The van der Waals surface area contributed by atoms with Crippen LogP contribution in [0.25, 0.3) is 10.8 Å². The molecule has 0 unspecified atom stereocenters. The van der Waals surface area contributed by atoms with Crippen LogP contribution in [0, 0.1) is 0 Å². The lowest BCUT2D eigenvalue weighted by Crippen LogP contribution is -2.41. The number of hydrogen-bond acceptors (Lipinski definition) is 2. The summed E-state index contributed by atoms with van der Waals surface area (Å²) in [6, 6.07) is 9.55. The van der Waals surface area contributed by atoms with E-state index < -0.39 is 0 Å². The van der Waals surface area contributed by atoms with Gasteiger partial charge in [-0.3, -0.25) is 9.59 Å². The van der Waals surface area contributed by atoms with Crippen LogP contribution < -0.4 is 10.9 Å². The Morgan fingerprint density at radius 1 is 1.33 bits per heavy atom. The van der Waals surface area contributed by atoms with E-state index in [9.17, 15) is 9.59 Å². The summed E-state index contributed by atoms with van der Waals surface area (Å²) in [4.78, 5) is 25.1. The van der Waals surface area contributed by atoms with Crippen LogP contribution in [0.5, 0.6) is 0 Å². The molecule has 1 amide bonds. The van der Waals surface area contributed by atoms with Crippen LogP contribution in [0.4, 0.5) is 0 Å². The number of hydrogen-bond donors (Lipinski definition) is 1. The van der Waals surface area contributed by atoms with Gasteiger partial charge in [0.2, 0.25) is 0 Å². The molecule has 0 saturated heterocycles. The Kier molecular flexibility index (Phi) is 3.78. The molecule has 3 rings (SSSR count). The molecule has 1 heterocycles. The third-order valence-electron chi connectivity index (χ3n) is 4.14. The highest BCUT2D eigenvalue weighted by atomic mass is 16.2. The van der Waals surface area contributed by atoms with Crippen LogP contribution >= 0.6 is 0 Å². The van der Waals surface area contributed by atoms with Crippen LogP contribution in [-0.4, -0.2) is 16.5 Å². The number of rotatable bonds is 4. The fraction of sp³-hybridized carbons (Fsp3) is 0.412. The van der Waals surface area contributed by atoms with Crippen molar-refractivity contribution in [1.82, 2.24) is 9.88 Å². The molecule has 0 bridgehead atoms. The SMILES string of the molecule is CCCn1c(C(=O)NC2CCC2)cc2ccccc2c1=O. The summed E-state index contributed by atoms with van der Waals surface area (Å²) in [5, 5.41) is 4.52. The average molecular weight is 284 g/mol. The minimum atomic E-state index is -0.129. The van der Waals surface area contributed by atoms with Crippen molar-refractivity contribution in [3.8, 4) is 0 Å². The Morgan fingerprint density at radius 2 is 2.10 bits per heavy atom. The van der Waals surface area contributed by atoms with Crippen molar-refractivity contribution in [2.24, 2.45) is 0 Å². The van der Waals surface area contributed by atoms with Gasteiger partial charge in [-0.25, -0.2) is 0 Å². The third kappa shape index (κ3) is 2.58. The fourth-order valence-electron chi connectivity index (χ4n) is 2.74. The highest BCUT2D eigenvalue weighted by Gasteiger charge is 2.22. The molecule has 1 saturated carbocycles. The number of nitrogens with zero attached hydrogens (tertiary/aromatic N) is 1. The predicted octanol–water partition coefficient (Wildman–Crippen LogP) is 2.69. The van der Waals surface area contributed by atoms with E-state index in [2.05, 4.69) is 5.32 Å². The Hall–Kier alpha value is -2.10. The third-order valence-corrected chi connectivity index (χ3v) is 4.14. The number of fused-ring (bicyclic) bond motifs is 1. The Balaban J connectivity index is 2.08. The van der Waals surface area contributed by atoms with Gasteiger partial charge >= 0.3 is 0 Å². The number of carbonyl (C=O) groups excluding carboxylic acids is 1. The fourth-order valence-corrected chi connectivity index (χ4v) is 2.74. The van der Waals surface area contributed by atoms with Gasteiger partial charge in [0.1, 0.15) is 5.69 Å². The van der Waals surface area contributed by atoms with Crippen molar-refractivity contribution in [2.45, 2.75) is 45.2 Å². The van der Waals surface area contributed by atoms with Gasteiger partial charge in [0.25, 0.3) is 11.5 Å². The van der Waals surface area contributed by atoms with E-state index in [0.717, 1.165) is 24.6 Å². The first-order valence-corrected chi connectivity index (χ1v) is 7.64. The second-order valence-electron chi connectivity index (χ2n) is 5.67. The topological polar surface area (TPSA) is 51.1 Å². The molecular formula is C17H20N2O2. The predicted molar refractivity (Wildman–Crippen MR) is 83.6 cm³/mol. The van der Waals surface area contributed by atoms with Crippen molar-refractivity contribution in [3.63, 3.8) is 0 Å². The first-order valence-electron chi connectivity index (χ1n) is 7.64. The lowest BCUT2D eigenvalue weighted by atomic mass is 9.93. The van der Waals surface area contributed by atoms with Gasteiger partial charge in [-0.15, -0.1) is 0 Å². The normalized spacial score (nSPS) is 14.9. The highest BCUT2D eigenvalue weighted by Crippen LogP contribution is 2.19. The quantitative estimate of drug-likeness (QED) is 0.938. The van der Waals surface area contributed by atoms with Crippen molar-refractivity contribution in [1.29, 1.82) is 0 Å². The van der Waals surface area contributed by atoms with Gasteiger partial charge < -0.3 is 9.88 Å². The summed E-state index contributed by atoms with van der Waals surface area (Å²) < 4.78 is 1.61. The monoisotopic (exact) mass is 284 g/mol. The lowest BCUT2D eigenvalue weighted by molar-refractivity contribution is 0.0906. The summed E-state index contributed by atoms with van der Waals surface area (Å²) in [7, 11) is 0. The maximum atomic E-state index is 12.6. The summed E-state index contributed by atoms with van der Waals surface area (Å²) in [5.41, 5.74) is 0.404. The molecular weight excluding hydrogens is 264 g/mol. The molecule has 0 aliphatic heterocycles. The smallest absolute Gasteiger partial charge is 0.268 e. The maximum absolute atomic E-state index is 12.6. The molecule has 1 aromatic carbocycles. The van der Waals surface area contributed by atoms with Crippen LogP contribution in [0.2, 0.25) is 0 Å². The highest BCUT2D eigenvalue weighted by molar-refractivity contribution is 5.96. The molecule has 1 N–H and O–H groups in total. The van der Waals surface area contributed by atoms with E-state index in [1.807, 2.05) is 37.3 Å². The summed E-state index contributed by atoms with van der Waals surface area (Å²) >= 11 is 0. The first-order chi connectivity index (χ1) is 10.2. The molecule has 4 heteroatoms. The van der Waals surface area contributed by atoms with Crippen LogP contribution in [0.1, 0.15) is 43.1 Å². The van der Waals surface area contributed by atoms with Gasteiger partial charge in [0, 0.05) is 18.0 Å². The lowest BCUT2D eigenvalue weighted by Gasteiger charge is -2.27. The number of amides is 1. The Labute approximate surface area is 123 Å². The van der Waals surface area contributed by atoms with E-state index in [4.69, 9.17) is 0 Å². The molecule has 1 aliphatic carbocycles. The van der Waals surface area contributed by atoms with Gasteiger partial charge in [-0.2, -0.15) is 0 Å². The molecule has 2 aromatic rings. The summed E-state index contributed by atoms with van der Waals surface area (Å²) in [5.74, 6) is -0.129. The zero-order valence-electron chi connectivity index (χ0n) is 12.3. The van der Waals surface area contributed by atoms with E-state index >= 15 is 0 Å². The van der Waals surface area contributed by atoms with Crippen molar-refractivity contribution in [2.75, 3.05) is 0 Å². The van der Waals surface area contributed by atoms with Crippen LogP contribution in [0.3, 0.4) is 0 Å². The standard InChI is InChI=1S/C17H20N2O2/c1-2-10-19-15(16(20)18-13-7-5-8-13)11-12-6-3-4-9-14(12)17(19)21/h3-4,6,9,11,13H,2,5,7-8,10H2,1H3,(H,18,20). The van der Waals surface area contributed by atoms with E-state index in [1.165, 1.54) is 6.42 Å². The first kappa shape index (κ1) is 13.9. The molecule has 110 valence electrons. The molecule has 4 nitrogen and oxygen atoms in total. The van der Waals surface area contributed by atoms with Crippen LogP contribution in [-0.2, 0) is 6.54 Å². The molecule has 0 spiro atoms. The Morgan fingerprint density at radius 3 is 2.76 bits per heavy atom. The zero-order valence-corrected chi connectivity index (χ0v) is 12.3. The van der Waals surface area contributed by atoms with Gasteiger partial charge in [-0.1, -0.05) is 25.1 Å². The number of carbonyl (C=O) groups is 1. The van der Waals surface area contributed by atoms with Crippen molar-refractivity contribution in [3.05, 3.63) is 46.4 Å². The van der Waals surface area contributed by atoms with Crippen LogP contribution in [0.15, 0.2) is 35.1 Å². The molecule has 0 radical (unpaired) electrons. The number of pyridine rings is 1. The number of nitrogens with one attached hydrogen (secondary N) is 1. The average Bonchev–Trinajstić information content (AvgIpc) is 2.45. The maximum Gasteiger partial charge on any atom is 0.268 e. The number of benzene rings is 1. The van der Waals surface area contributed by atoms with Crippen molar-refractivity contribution >= 4 is 16.7 Å². The minimum absolute atomic E-state index is 0.0753. The molecule has 21 heavy (non-hydrogen) atoms. The largest absolute Gasteiger partial charge is 0.348 e. The second kappa shape index (κ2) is 5.72. The minimum Gasteiger partial charge on any atom is -0.348 e. The summed E-state index contributed by atoms with van der Waals surface area (Å²) in [6.07, 6.45) is 4.07. The zero-order chi connectivity index (χ0) is 14.8. The second-order valence-corrected chi connectivity index (χ2v) is 5.67. The van der Waals surface area contributed by atoms with E-state index in [0.29, 0.717) is 17.6 Å². The Bertz CT molecular complexity index is 729. The molecule has 1 aromatic heterocycles.